The van der Waals surface area contributed by atoms with Crippen molar-refractivity contribution in [2.75, 3.05) is 14.2 Å². The third-order valence-corrected chi connectivity index (χ3v) is 3.05. The average Bonchev–Trinajstić information content (AvgIpc) is 2.30. The van der Waals surface area contributed by atoms with Gasteiger partial charge in [-0.2, -0.15) is 0 Å². The highest BCUT2D eigenvalue weighted by molar-refractivity contribution is 5.28. The summed E-state index contributed by atoms with van der Waals surface area (Å²) in [5.74, 6) is 0.481. The van der Waals surface area contributed by atoms with Crippen molar-refractivity contribution in [1.29, 1.82) is 0 Å². The Balaban J connectivity index is 2.98. The zero-order valence-corrected chi connectivity index (χ0v) is 11.2. The number of hydrogen-bond acceptors (Lipinski definition) is 3. The van der Waals surface area contributed by atoms with Crippen molar-refractivity contribution in [2.24, 2.45) is 0 Å². The molecular formula is C14H22O3. The molecule has 1 atom stereocenters. The van der Waals surface area contributed by atoms with Crippen molar-refractivity contribution in [2.45, 2.75) is 38.6 Å². The van der Waals surface area contributed by atoms with Gasteiger partial charge in [-0.3, -0.25) is 0 Å². The van der Waals surface area contributed by atoms with Crippen LogP contribution in [0.15, 0.2) is 24.3 Å². The van der Waals surface area contributed by atoms with E-state index in [0.29, 0.717) is 5.92 Å². The number of aliphatic hydroxyl groups is 1. The molecule has 0 heterocycles. The molecule has 1 N–H and O–H groups in total. The smallest absolute Gasteiger partial charge is 0.189 e. The van der Waals surface area contributed by atoms with Crippen molar-refractivity contribution in [1.82, 2.24) is 0 Å². The Bertz CT molecular complexity index is 337. The normalized spacial score (nSPS) is 15.3. The Hall–Kier alpha value is -0.900. The number of rotatable bonds is 5. The number of hydrogen-bond donors (Lipinski definition) is 1. The minimum Gasteiger partial charge on any atom is -0.380 e. The molecule has 1 rings (SSSR count). The quantitative estimate of drug-likeness (QED) is 0.801. The predicted molar refractivity (Wildman–Crippen MR) is 67.9 cm³/mol. The molecule has 3 heteroatoms. The van der Waals surface area contributed by atoms with Gasteiger partial charge >= 0.3 is 0 Å². The van der Waals surface area contributed by atoms with Gasteiger partial charge < -0.3 is 14.6 Å². The third-order valence-electron chi connectivity index (χ3n) is 3.05. The van der Waals surface area contributed by atoms with Crippen LogP contribution in [0.2, 0.25) is 0 Å². The number of methoxy groups -OCH3 is 2. The van der Waals surface area contributed by atoms with Gasteiger partial charge in [0, 0.05) is 14.2 Å². The maximum atomic E-state index is 10.4. The second kappa shape index (κ2) is 5.63. The minimum absolute atomic E-state index is 0.481. The molecule has 0 fully saturated rings. The van der Waals surface area contributed by atoms with E-state index in [1.165, 1.54) is 19.8 Å². The fourth-order valence-corrected chi connectivity index (χ4v) is 1.90. The first kappa shape index (κ1) is 14.2. The monoisotopic (exact) mass is 238 g/mol. The van der Waals surface area contributed by atoms with E-state index in [1.807, 2.05) is 24.3 Å². The highest BCUT2D eigenvalue weighted by Crippen LogP contribution is 2.28. The van der Waals surface area contributed by atoms with Crippen molar-refractivity contribution >= 4 is 0 Å². The first-order chi connectivity index (χ1) is 7.93. The summed E-state index contributed by atoms with van der Waals surface area (Å²) < 4.78 is 10.2. The van der Waals surface area contributed by atoms with E-state index in [0.717, 1.165) is 5.56 Å². The Morgan fingerprint density at radius 2 is 1.53 bits per heavy atom. The zero-order valence-electron chi connectivity index (χ0n) is 11.2. The third kappa shape index (κ3) is 3.06. The van der Waals surface area contributed by atoms with E-state index < -0.39 is 11.9 Å². The molecule has 0 aliphatic heterocycles. The van der Waals surface area contributed by atoms with E-state index in [2.05, 4.69) is 13.8 Å². The molecule has 1 aromatic carbocycles. The largest absolute Gasteiger partial charge is 0.380 e. The Morgan fingerprint density at radius 1 is 1.06 bits per heavy atom. The molecular weight excluding hydrogens is 216 g/mol. The highest BCUT2D eigenvalue weighted by Gasteiger charge is 2.34. The molecule has 0 saturated carbocycles. The molecule has 0 aromatic heterocycles. The van der Waals surface area contributed by atoms with Crippen molar-refractivity contribution < 1.29 is 14.6 Å². The van der Waals surface area contributed by atoms with E-state index >= 15 is 0 Å². The molecule has 1 unspecified atom stereocenters. The van der Waals surface area contributed by atoms with Gasteiger partial charge in [-0.05, 0) is 24.0 Å². The molecule has 0 saturated heterocycles. The molecule has 0 amide bonds. The van der Waals surface area contributed by atoms with Crippen LogP contribution in [0.25, 0.3) is 0 Å². The van der Waals surface area contributed by atoms with Gasteiger partial charge in [0.05, 0.1) is 0 Å². The van der Waals surface area contributed by atoms with E-state index in [-0.39, 0.29) is 0 Å². The van der Waals surface area contributed by atoms with E-state index in [1.54, 1.807) is 6.92 Å². The molecule has 0 radical (unpaired) electrons. The lowest BCUT2D eigenvalue weighted by molar-refractivity contribution is -0.213. The van der Waals surface area contributed by atoms with Crippen LogP contribution in [0.3, 0.4) is 0 Å². The van der Waals surface area contributed by atoms with Gasteiger partial charge in [0.2, 0.25) is 0 Å². The second-order valence-electron chi connectivity index (χ2n) is 4.73. The molecule has 17 heavy (non-hydrogen) atoms. The molecule has 0 aliphatic rings. The summed E-state index contributed by atoms with van der Waals surface area (Å²) in [5.41, 5.74) is 0.880. The van der Waals surface area contributed by atoms with Gasteiger partial charge in [0.25, 0.3) is 0 Å². The van der Waals surface area contributed by atoms with Gasteiger partial charge in [-0.25, -0.2) is 0 Å². The molecule has 1 aromatic rings. The molecule has 96 valence electrons. The molecule has 0 bridgehead atoms. The van der Waals surface area contributed by atoms with E-state index in [9.17, 15) is 5.11 Å². The first-order valence-electron chi connectivity index (χ1n) is 5.81. The van der Waals surface area contributed by atoms with Gasteiger partial charge in [0.1, 0.15) is 5.60 Å². The minimum atomic E-state index is -1.15. The summed E-state index contributed by atoms with van der Waals surface area (Å²) in [7, 11) is 3.04. The summed E-state index contributed by atoms with van der Waals surface area (Å²) in [4.78, 5) is 0. The van der Waals surface area contributed by atoms with Crippen LogP contribution in [-0.4, -0.2) is 25.6 Å². The fourth-order valence-electron chi connectivity index (χ4n) is 1.90. The predicted octanol–water partition coefficient (Wildman–Crippen LogP) is 2.64. The van der Waals surface area contributed by atoms with Crippen LogP contribution in [0.5, 0.6) is 0 Å². The van der Waals surface area contributed by atoms with E-state index in [4.69, 9.17) is 9.47 Å². The van der Waals surface area contributed by atoms with Gasteiger partial charge in [0.15, 0.2) is 6.29 Å². The summed E-state index contributed by atoms with van der Waals surface area (Å²) in [5, 5.41) is 10.4. The summed E-state index contributed by atoms with van der Waals surface area (Å²) >= 11 is 0. The first-order valence-corrected chi connectivity index (χ1v) is 5.81. The number of ether oxygens (including phenoxy) is 2. The Morgan fingerprint density at radius 3 is 1.88 bits per heavy atom. The van der Waals surface area contributed by atoms with Crippen molar-refractivity contribution in [3.8, 4) is 0 Å². The van der Waals surface area contributed by atoms with Crippen molar-refractivity contribution in [3.05, 3.63) is 35.4 Å². The molecule has 0 aliphatic carbocycles. The standard InChI is InChI=1S/C14H22O3/c1-10(2)11-6-8-12(9-7-11)14(3,15)13(16-4)17-5/h6-10,13,15H,1-5H3. The summed E-state index contributed by atoms with van der Waals surface area (Å²) in [6.07, 6.45) is -0.674. The Labute approximate surface area is 103 Å². The van der Waals surface area contributed by atoms with Crippen LogP contribution in [0.4, 0.5) is 0 Å². The number of benzene rings is 1. The summed E-state index contributed by atoms with van der Waals surface area (Å²) in [6, 6.07) is 7.88. The van der Waals surface area contributed by atoms with Crippen LogP contribution in [-0.2, 0) is 15.1 Å². The highest BCUT2D eigenvalue weighted by atomic mass is 16.7. The maximum absolute atomic E-state index is 10.4. The second-order valence-corrected chi connectivity index (χ2v) is 4.73. The SMILES string of the molecule is COC(OC)C(C)(O)c1ccc(C(C)C)cc1. The topological polar surface area (TPSA) is 38.7 Å². The average molecular weight is 238 g/mol. The van der Waals surface area contributed by atoms with Crippen molar-refractivity contribution in [3.63, 3.8) is 0 Å². The lowest BCUT2D eigenvalue weighted by Gasteiger charge is -2.31. The zero-order chi connectivity index (χ0) is 13.1. The fraction of sp³-hybridized carbons (Fsp3) is 0.571. The van der Waals surface area contributed by atoms with Crippen LogP contribution >= 0.6 is 0 Å². The van der Waals surface area contributed by atoms with Crippen LogP contribution < -0.4 is 0 Å². The van der Waals surface area contributed by atoms with Crippen LogP contribution in [0, 0.1) is 0 Å². The summed E-state index contributed by atoms with van der Waals surface area (Å²) in [6.45, 7) is 5.97. The van der Waals surface area contributed by atoms with Gasteiger partial charge in [-0.1, -0.05) is 38.1 Å². The Kier molecular flexibility index (Phi) is 4.69. The lowest BCUT2D eigenvalue weighted by Crippen LogP contribution is -2.39. The molecule has 0 spiro atoms. The van der Waals surface area contributed by atoms with Gasteiger partial charge in [-0.15, -0.1) is 0 Å². The lowest BCUT2D eigenvalue weighted by atomic mass is 9.92. The molecule has 3 nitrogen and oxygen atoms in total. The van der Waals surface area contributed by atoms with Crippen LogP contribution in [0.1, 0.15) is 37.8 Å². The maximum Gasteiger partial charge on any atom is 0.189 e.